The molecule has 2 heteroatoms. The van der Waals surface area contributed by atoms with E-state index in [1.165, 1.54) is 27.8 Å². The van der Waals surface area contributed by atoms with Crippen LogP contribution < -0.4 is 0 Å². The van der Waals surface area contributed by atoms with Gasteiger partial charge in [-0.05, 0) is 63.4 Å². The van der Waals surface area contributed by atoms with Crippen LogP contribution in [-0.4, -0.2) is 0 Å². The summed E-state index contributed by atoms with van der Waals surface area (Å²) < 4.78 is 0. The van der Waals surface area contributed by atoms with E-state index in [0.717, 1.165) is 0 Å². The molecule has 6 rings (SSSR count). The van der Waals surface area contributed by atoms with Crippen LogP contribution >= 0.6 is 0 Å². The molecule has 2 aliphatic carbocycles. The van der Waals surface area contributed by atoms with Gasteiger partial charge in [0.2, 0.25) is 0 Å². The van der Waals surface area contributed by atoms with E-state index in [4.69, 9.17) is 0 Å². The van der Waals surface area contributed by atoms with Crippen molar-refractivity contribution >= 4 is 0 Å². The van der Waals surface area contributed by atoms with E-state index < -0.39 is 0 Å². The van der Waals surface area contributed by atoms with Gasteiger partial charge in [-0.2, -0.15) is 10.5 Å². The summed E-state index contributed by atoms with van der Waals surface area (Å²) in [5.74, 6) is 0.754. The summed E-state index contributed by atoms with van der Waals surface area (Å²) in [6, 6.07) is 41.0. The molecule has 1 saturated carbocycles. The third-order valence-electron chi connectivity index (χ3n) is 8.59. The van der Waals surface area contributed by atoms with Gasteiger partial charge in [0, 0.05) is 17.3 Å². The lowest BCUT2D eigenvalue weighted by molar-refractivity contribution is 0.252. The molecule has 0 aromatic heterocycles. The zero-order chi connectivity index (χ0) is 24.2. The quantitative estimate of drug-likeness (QED) is 0.326. The van der Waals surface area contributed by atoms with Crippen molar-refractivity contribution in [2.24, 2.45) is 5.41 Å². The van der Waals surface area contributed by atoms with E-state index in [0.29, 0.717) is 17.0 Å². The molecular weight excluding hydrogens is 424 g/mol. The first-order chi connectivity index (χ1) is 17.0. The van der Waals surface area contributed by atoms with E-state index >= 15 is 0 Å². The number of nitrogens with zero attached hydrogens (tertiary/aromatic N) is 2. The summed E-state index contributed by atoms with van der Waals surface area (Å²) in [5, 5.41) is 18.8. The van der Waals surface area contributed by atoms with Crippen molar-refractivity contribution in [2.75, 3.05) is 0 Å². The highest BCUT2D eigenvalue weighted by Gasteiger charge is 2.70. The third kappa shape index (κ3) is 2.81. The number of rotatable bonds is 3. The number of fused-ring (bicyclic) bond motifs is 5. The molecule has 4 atom stereocenters. The molecule has 0 saturated heterocycles. The molecule has 0 radical (unpaired) electrons. The molecule has 4 aromatic carbocycles. The molecule has 0 N–H and O–H groups in total. The molecule has 0 heterocycles. The Morgan fingerprint density at radius 1 is 0.600 bits per heavy atom. The monoisotopic (exact) mass is 450 g/mol. The minimum Gasteiger partial charge on any atom is -0.192 e. The van der Waals surface area contributed by atoms with Crippen LogP contribution in [0, 0.1) is 28.1 Å². The van der Waals surface area contributed by atoms with Gasteiger partial charge in [-0.25, -0.2) is 0 Å². The van der Waals surface area contributed by atoms with Crippen LogP contribution in [0.5, 0.6) is 0 Å². The second-order valence-corrected chi connectivity index (χ2v) is 10.5. The number of hydrogen-bond acceptors (Lipinski definition) is 2. The first-order valence-electron chi connectivity index (χ1n) is 12.2. The first kappa shape index (κ1) is 21.4. The molecule has 4 aromatic rings. The van der Waals surface area contributed by atoms with Gasteiger partial charge in [0.1, 0.15) is 0 Å². The molecule has 168 valence electrons. The second-order valence-electron chi connectivity index (χ2n) is 10.5. The van der Waals surface area contributed by atoms with Crippen LogP contribution in [0.4, 0.5) is 0 Å². The molecule has 35 heavy (non-hydrogen) atoms. The molecule has 0 spiro atoms. The minimum atomic E-state index is -0.270. The number of nitriles is 2. The molecule has 0 aliphatic heterocycles. The predicted octanol–water partition coefficient (Wildman–Crippen LogP) is 7.42. The van der Waals surface area contributed by atoms with Gasteiger partial charge >= 0.3 is 0 Å². The van der Waals surface area contributed by atoms with Crippen molar-refractivity contribution in [3.8, 4) is 12.1 Å². The van der Waals surface area contributed by atoms with Crippen LogP contribution in [0.1, 0.15) is 70.5 Å². The molecule has 0 amide bonds. The van der Waals surface area contributed by atoms with Crippen molar-refractivity contribution in [3.05, 3.63) is 142 Å². The lowest BCUT2D eigenvalue weighted by atomic mass is 9.56. The average molecular weight is 451 g/mol. The average Bonchev–Trinajstić information content (AvgIpc) is 3.33. The zero-order valence-corrected chi connectivity index (χ0v) is 19.9. The Morgan fingerprint density at radius 3 is 1.74 bits per heavy atom. The lowest BCUT2D eigenvalue weighted by Gasteiger charge is -2.46. The van der Waals surface area contributed by atoms with Gasteiger partial charge in [-0.3, -0.25) is 0 Å². The Kier molecular flexibility index (Phi) is 4.70. The topological polar surface area (TPSA) is 47.6 Å². The number of hydrogen-bond donors (Lipinski definition) is 0. The van der Waals surface area contributed by atoms with Crippen LogP contribution in [-0.2, 0) is 5.41 Å². The van der Waals surface area contributed by atoms with Gasteiger partial charge in [0.15, 0.2) is 0 Å². The minimum absolute atomic E-state index is 0.0447. The molecular formula is C33H26N2. The van der Waals surface area contributed by atoms with Gasteiger partial charge < -0.3 is 0 Å². The highest BCUT2D eigenvalue weighted by atomic mass is 14.7. The fourth-order valence-corrected chi connectivity index (χ4v) is 7.57. The van der Waals surface area contributed by atoms with Crippen LogP contribution in [0.2, 0.25) is 0 Å². The van der Waals surface area contributed by atoms with E-state index in [1.54, 1.807) is 0 Å². The summed E-state index contributed by atoms with van der Waals surface area (Å²) >= 11 is 0. The number of benzene rings is 4. The maximum Gasteiger partial charge on any atom is 0.0991 e. The van der Waals surface area contributed by atoms with E-state index in [9.17, 15) is 10.5 Å². The molecule has 1 fully saturated rings. The standard InChI is InChI=1S/C33H26N2/c1-32(2)30-27-10-6-7-11-28(27)33(26-8-4-3-5-9-26,29(30)24-16-12-22(20-34)13-17-24)31(32)25-18-14-23(21-35)15-19-25/h3-19,29-31H,1-2H3/t29-,30+,31-,33-/m1/s1. The summed E-state index contributed by atoms with van der Waals surface area (Å²) in [5.41, 5.74) is 7.77. The largest absolute Gasteiger partial charge is 0.192 e. The van der Waals surface area contributed by atoms with Crippen LogP contribution in [0.15, 0.2) is 103 Å². The third-order valence-corrected chi connectivity index (χ3v) is 8.59. The molecule has 2 aliphatic rings. The predicted molar refractivity (Wildman–Crippen MR) is 138 cm³/mol. The Bertz CT molecular complexity index is 1480. The Hall–Kier alpha value is -4.14. The Labute approximate surface area is 207 Å². The van der Waals surface area contributed by atoms with Gasteiger partial charge in [0.25, 0.3) is 0 Å². The molecule has 0 unspecified atom stereocenters. The molecule has 2 bridgehead atoms. The van der Waals surface area contributed by atoms with Crippen molar-refractivity contribution in [3.63, 3.8) is 0 Å². The van der Waals surface area contributed by atoms with E-state index in [1.807, 2.05) is 24.3 Å². The van der Waals surface area contributed by atoms with Gasteiger partial charge in [-0.1, -0.05) is 92.7 Å². The smallest absolute Gasteiger partial charge is 0.0991 e. The fraction of sp³-hybridized carbons (Fsp3) is 0.212. The maximum absolute atomic E-state index is 9.42. The van der Waals surface area contributed by atoms with Gasteiger partial charge in [-0.15, -0.1) is 0 Å². The van der Waals surface area contributed by atoms with E-state index in [2.05, 4.69) is 105 Å². The summed E-state index contributed by atoms with van der Waals surface area (Å²) in [6.45, 7) is 4.83. The van der Waals surface area contributed by atoms with Crippen molar-refractivity contribution in [1.29, 1.82) is 10.5 Å². The normalized spacial score (nSPS) is 25.4. The van der Waals surface area contributed by atoms with Crippen molar-refractivity contribution in [2.45, 2.75) is 37.0 Å². The van der Waals surface area contributed by atoms with Crippen molar-refractivity contribution in [1.82, 2.24) is 0 Å². The highest BCUT2D eigenvalue weighted by molar-refractivity contribution is 5.65. The first-order valence-corrected chi connectivity index (χ1v) is 12.2. The fourth-order valence-electron chi connectivity index (χ4n) is 7.57. The summed E-state index contributed by atoms with van der Waals surface area (Å²) in [7, 11) is 0. The maximum atomic E-state index is 9.42. The Morgan fingerprint density at radius 2 is 1.14 bits per heavy atom. The van der Waals surface area contributed by atoms with Crippen molar-refractivity contribution < 1.29 is 0 Å². The molecule has 2 nitrogen and oxygen atoms in total. The highest BCUT2D eigenvalue weighted by Crippen LogP contribution is 2.78. The Balaban J connectivity index is 1.71. The lowest BCUT2D eigenvalue weighted by Crippen LogP contribution is -2.39. The van der Waals surface area contributed by atoms with Gasteiger partial charge in [0.05, 0.1) is 23.3 Å². The zero-order valence-electron chi connectivity index (χ0n) is 19.9. The summed E-state index contributed by atoms with van der Waals surface area (Å²) in [4.78, 5) is 0. The van der Waals surface area contributed by atoms with Crippen LogP contribution in [0.3, 0.4) is 0 Å². The SMILES string of the molecule is CC1(C)[C@@H](c2ccc(C#N)cc2)[C@]2(c3ccccc3)c3ccccc3[C@H]1[C@H]2c1ccc(C#N)cc1. The second kappa shape index (κ2) is 7.69. The van der Waals surface area contributed by atoms with E-state index in [-0.39, 0.29) is 22.7 Å². The summed E-state index contributed by atoms with van der Waals surface area (Å²) in [6.07, 6.45) is 0. The van der Waals surface area contributed by atoms with Crippen LogP contribution in [0.25, 0.3) is 0 Å².